The summed E-state index contributed by atoms with van der Waals surface area (Å²) in [7, 11) is 4.34. The minimum absolute atomic E-state index is 0.0552. The highest BCUT2D eigenvalue weighted by Gasteiger charge is 2.27. The molecule has 1 N–H and O–H groups in total. The smallest absolute Gasteiger partial charge is 0.341 e. The van der Waals surface area contributed by atoms with E-state index in [1.54, 1.807) is 27.9 Å². The fourth-order valence-electron chi connectivity index (χ4n) is 2.48. The summed E-state index contributed by atoms with van der Waals surface area (Å²) in [4.78, 5) is 49.3. The molecular weight excluding hydrogens is 386 g/mol. The third-order valence-electron chi connectivity index (χ3n) is 4.03. The van der Waals surface area contributed by atoms with Gasteiger partial charge in [0.1, 0.15) is 5.00 Å². The molecule has 0 fully saturated rings. The first-order valence-corrected chi connectivity index (χ1v) is 8.89. The molecule has 0 aliphatic heterocycles. The van der Waals surface area contributed by atoms with Gasteiger partial charge >= 0.3 is 5.97 Å². The average Bonchev–Trinajstić information content (AvgIpc) is 2.96. The molecule has 1 aromatic heterocycles. The summed E-state index contributed by atoms with van der Waals surface area (Å²) in [5, 5.41) is 13.8. The fourth-order valence-corrected chi connectivity index (χ4v) is 3.69. The molecule has 0 aliphatic rings. The first kappa shape index (κ1) is 21.0. The molecule has 0 saturated heterocycles. The van der Waals surface area contributed by atoms with E-state index in [0.29, 0.717) is 11.1 Å². The van der Waals surface area contributed by atoms with Crippen LogP contribution in [-0.4, -0.2) is 48.8 Å². The van der Waals surface area contributed by atoms with Crippen molar-refractivity contribution in [3.8, 4) is 0 Å². The van der Waals surface area contributed by atoms with Crippen molar-refractivity contribution < 1.29 is 24.0 Å². The molecule has 28 heavy (non-hydrogen) atoms. The molecule has 0 unspecified atom stereocenters. The summed E-state index contributed by atoms with van der Waals surface area (Å²) in [6, 6.07) is 4.07. The zero-order valence-electron chi connectivity index (χ0n) is 16.0. The minimum atomic E-state index is -0.697. The van der Waals surface area contributed by atoms with Gasteiger partial charge in [-0.2, -0.15) is 0 Å². The third kappa shape index (κ3) is 4.01. The standard InChI is InChI=1S/C18H19N3O6S/c1-9-6-7-11(8-12(9)21(25)26)15(22)19-16-13(18(24)27-5)10(2)14(28-16)17(23)20(3)4/h6-8H,1-5H3,(H,19,22). The number of nitrogens with zero attached hydrogens (tertiary/aromatic N) is 2. The second-order valence-corrected chi connectivity index (χ2v) is 7.18. The highest BCUT2D eigenvalue weighted by molar-refractivity contribution is 7.18. The number of amides is 2. The normalized spacial score (nSPS) is 10.3. The van der Waals surface area contributed by atoms with Crippen LogP contribution < -0.4 is 5.32 Å². The van der Waals surface area contributed by atoms with Crippen molar-refractivity contribution >= 4 is 39.8 Å². The molecule has 0 radical (unpaired) electrons. The molecule has 0 atom stereocenters. The van der Waals surface area contributed by atoms with Crippen LogP contribution in [0.5, 0.6) is 0 Å². The van der Waals surface area contributed by atoms with E-state index in [1.165, 1.54) is 24.1 Å². The van der Waals surface area contributed by atoms with Crippen LogP contribution in [0.25, 0.3) is 0 Å². The number of carbonyl (C=O) groups excluding carboxylic acids is 3. The van der Waals surface area contributed by atoms with Gasteiger partial charge in [0, 0.05) is 31.3 Å². The van der Waals surface area contributed by atoms with Gasteiger partial charge in [-0.1, -0.05) is 6.07 Å². The maximum absolute atomic E-state index is 12.6. The number of nitrogens with one attached hydrogen (secondary N) is 1. The predicted octanol–water partition coefficient (Wildman–Crippen LogP) is 3.01. The Morgan fingerprint density at radius 2 is 1.86 bits per heavy atom. The second kappa shape index (κ2) is 8.17. The zero-order chi connectivity index (χ0) is 21.2. The van der Waals surface area contributed by atoms with Crippen molar-refractivity contribution in [2.45, 2.75) is 13.8 Å². The number of hydrogen-bond donors (Lipinski definition) is 1. The van der Waals surface area contributed by atoms with Gasteiger partial charge in [-0.25, -0.2) is 4.79 Å². The van der Waals surface area contributed by atoms with Crippen LogP contribution in [0, 0.1) is 24.0 Å². The minimum Gasteiger partial charge on any atom is -0.465 e. The maximum Gasteiger partial charge on any atom is 0.341 e. The Kier molecular flexibility index (Phi) is 6.14. The lowest BCUT2D eigenvalue weighted by atomic mass is 10.1. The third-order valence-corrected chi connectivity index (χ3v) is 5.23. The first-order chi connectivity index (χ1) is 13.1. The molecule has 148 valence electrons. The number of hydrogen-bond acceptors (Lipinski definition) is 7. The number of methoxy groups -OCH3 is 1. The van der Waals surface area contributed by atoms with Crippen LogP contribution in [0.1, 0.15) is 41.5 Å². The summed E-state index contributed by atoms with van der Waals surface area (Å²) in [5.41, 5.74) is 0.752. The molecule has 0 bridgehead atoms. The van der Waals surface area contributed by atoms with Crippen LogP contribution in [0.3, 0.4) is 0 Å². The number of benzene rings is 1. The molecule has 9 nitrogen and oxygen atoms in total. The van der Waals surface area contributed by atoms with Gasteiger partial charge in [0.15, 0.2) is 0 Å². The topological polar surface area (TPSA) is 119 Å². The van der Waals surface area contributed by atoms with Crippen molar-refractivity contribution in [3.63, 3.8) is 0 Å². The molecule has 10 heteroatoms. The molecule has 2 rings (SSSR count). The molecule has 0 aliphatic carbocycles. The number of nitro groups is 1. The quantitative estimate of drug-likeness (QED) is 0.464. The predicted molar refractivity (Wildman–Crippen MR) is 104 cm³/mol. The highest BCUT2D eigenvalue weighted by atomic mass is 32.1. The van der Waals surface area contributed by atoms with Gasteiger partial charge < -0.3 is 15.0 Å². The van der Waals surface area contributed by atoms with E-state index in [2.05, 4.69) is 5.32 Å². The van der Waals surface area contributed by atoms with Gasteiger partial charge in [0.05, 0.1) is 22.5 Å². The van der Waals surface area contributed by atoms with E-state index in [9.17, 15) is 24.5 Å². The number of aryl methyl sites for hydroxylation is 1. The van der Waals surface area contributed by atoms with Crippen molar-refractivity contribution in [2.24, 2.45) is 0 Å². The van der Waals surface area contributed by atoms with Crippen molar-refractivity contribution in [3.05, 3.63) is 55.4 Å². The SMILES string of the molecule is COC(=O)c1c(NC(=O)c2ccc(C)c([N+](=O)[O-])c2)sc(C(=O)N(C)C)c1C. The molecule has 2 amide bonds. The van der Waals surface area contributed by atoms with Crippen LogP contribution in [0.4, 0.5) is 10.7 Å². The molecule has 1 heterocycles. The van der Waals surface area contributed by atoms with Crippen molar-refractivity contribution in [2.75, 3.05) is 26.5 Å². The first-order valence-electron chi connectivity index (χ1n) is 8.08. The van der Waals surface area contributed by atoms with Crippen LogP contribution in [-0.2, 0) is 4.74 Å². The molecular formula is C18H19N3O6S. The van der Waals surface area contributed by atoms with E-state index < -0.39 is 16.8 Å². The Balaban J connectivity index is 2.48. The Labute approximate surface area is 165 Å². The Bertz CT molecular complexity index is 980. The Morgan fingerprint density at radius 1 is 1.21 bits per heavy atom. The second-order valence-electron chi connectivity index (χ2n) is 6.16. The lowest BCUT2D eigenvalue weighted by Gasteiger charge is -2.08. The van der Waals surface area contributed by atoms with E-state index in [4.69, 9.17) is 4.74 Å². The summed E-state index contributed by atoms with van der Waals surface area (Å²) >= 11 is 0.945. The molecule has 2 aromatic rings. The summed E-state index contributed by atoms with van der Waals surface area (Å²) in [5.74, 6) is -1.66. The van der Waals surface area contributed by atoms with Crippen LogP contribution >= 0.6 is 11.3 Å². The molecule has 0 spiro atoms. The summed E-state index contributed by atoms with van der Waals surface area (Å²) < 4.78 is 4.77. The van der Waals surface area contributed by atoms with Gasteiger partial charge in [-0.05, 0) is 25.5 Å². The number of carbonyl (C=O) groups is 3. The number of rotatable bonds is 5. The van der Waals surface area contributed by atoms with E-state index >= 15 is 0 Å². The van der Waals surface area contributed by atoms with E-state index in [0.717, 1.165) is 17.4 Å². The monoisotopic (exact) mass is 405 g/mol. The number of thiophene rings is 1. The number of nitro benzene ring substituents is 1. The highest BCUT2D eigenvalue weighted by Crippen LogP contribution is 2.34. The van der Waals surface area contributed by atoms with Crippen molar-refractivity contribution in [1.82, 2.24) is 4.90 Å². The van der Waals surface area contributed by atoms with E-state index in [-0.39, 0.29) is 32.6 Å². The van der Waals surface area contributed by atoms with Crippen LogP contribution in [0.15, 0.2) is 18.2 Å². The largest absolute Gasteiger partial charge is 0.465 e. The number of ether oxygens (including phenoxy) is 1. The number of anilines is 1. The number of esters is 1. The zero-order valence-corrected chi connectivity index (χ0v) is 16.8. The summed E-state index contributed by atoms with van der Waals surface area (Å²) in [6.07, 6.45) is 0. The fraction of sp³-hybridized carbons (Fsp3) is 0.278. The van der Waals surface area contributed by atoms with Crippen molar-refractivity contribution in [1.29, 1.82) is 0 Å². The Hall–Kier alpha value is -3.27. The summed E-state index contributed by atoms with van der Waals surface area (Å²) in [6.45, 7) is 3.16. The molecule has 0 saturated carbocycles. The average molecular weight is 405 g/mol. The Morgan fingerprint density at radius 3 is 2.39 bits per heavy atom. The van der Waals surface area contributed by atoms with Crippen LogP contribution in [0.2, 0.25) is 0 Å². The maximum atomic E-state index is 12.6. The van der Waals surface area contributed by atoms with Gasteiger partial charge in [-0.15, -0.1) is 11.3 Å². The van der Waals surface area contributed by atoms with Gasteiger partial charge in [-0.3, -0.25) is 19.7 Å². The lowest BCUT2D eigenvalue weighted by Crippen LogP contribution is -2.21. The lowest BCUT2D eigenvalue weighted by molar-refractivity contribution is -0.385. The van der Waals surface area contributed by atoms with Gasteiger partial charge in [0.2, 0.25) is 0 Å². The van der Waals surface area contributed by atoms with Gasteiger partial charge in [0.25, 0.3) is 17.5 Å². The van der Waals surface area contributed by atoms with E-state index in [1.807, 2.05) is 0 Å². The molecule has 1 aromatic carbocycles.